The molecule has 100 valence electrons. The van der Waals surface area contributed by atoms with Crippen LogP contribution in [0.5, 0.6) is 5.75 Å². The first-order chi connectivity index (χ1) is 9.33. The van der Waals surface area contributed by atoms with Gasteiger partial charge in [0.05, 0.1) is 18.8 Å². The van der Waals surface area contributed by atoms with E-state index in [9.17, 15) is 0 Å². The fourth-order valence-corrected chi connectivity index (χ4v) is 2.14. The molecule has 3 nitrogen and oxygen atoms in total. The average molecular weight is 256 g/mol. The van der Waals surface area contributed by atoms with Gasteiger partial charge in [-0.2, -0.15) is 0 Å². The third-order valence-electron chi connectivity index (χ3n) is 3.07. The molecule has 0 aliphatic heterocycles. The van der Waals surface area contributed by atoms with Crippen LogP contribution in [-0.4, -0.2) is 18.6 Å². The summed E-state index contributed by atoms with van der Waals surface area (Å²) in [4.78, 5) is 4.44. The standard InChI is InChI=1S/C16H20N2O/c1-3-17-16(15-9-4-5-10-18-15)12-13-7-6-8-14(11-13)19-2/h4-11,16-17H,3,12H2,1-2H3. The molecule has 2 rings (SSSR count). The van der Waals surface area contributed by atoms with Crippen LogP contribution in [0.3, 0.4) is 0 Å². The van der Waals surface area contributed by atoms with E-state index in [1.54, 1.807) is 7.11 Å². The van der Waals surface area contributed by atoms with Crippen molar-refractivity contribution in [2.75, 3.05) is 13.7 Å². The molecule has 0 spiro atoms. The topological polar surface area (TPSA) is 34.1 Å². The molecular weight excluding hydrogens is 236 g/mol. The zero-order chi connectivity index (χ0) is 13.5. The lowest BCUT2D eigenvalue weighted by molar-refractivity contribution is 0.413. The first-order valence-corrected chi connectivity index (χ1v) is 6.60. The summed E-state index contributed by atoms with van der Waals surface area (Å²) < 4.78 is 5.27. The van der Waals surface area contributed by atoms with Crippen molar-refractivity contribution in [3.63, 3.8) is 0 Å². The normalized spacial score (nSPS) is 12.1. The summed E-state index contributed by atoms with van der Waals surface area (Å²) in [5.74, 6) is 0.897. The minimum absolute atomic E-state index is 0.235. The van der Waals surface area contributed by atoms with Crippen molar-refractivity contribution in [1.82, 2.24) is 10.3 Å². The highest BCUT2D eigenvalue weighted by atomic mass is 16.5. The largest absolute Gasteiger partial charge is 0.497 e. The lowest BCUT2D eigenvalue weighted by Crippen LogP contribution is -2.23. The van der Waals surface area contributed by atoms with E-state index in [1.165, 1.54) is 5.56 Å². The summed E-state index contributed by atoms with van der Waals surface area (Å²) in [5.41, 5.74) is 2.32. The maximum absolute atomic E-state index is 5.27. The number of hydrogen-bond donors (Lipinski definition) is 1. The van der Waals surface area contributed by atoms with E-state index in [-0.39, 0.29) is 6.04 Å². The molecule has 19 heavy (non-hydrogen) atoms. The Bertz CT molecular complexity index is 499. The van der Waals surface area contributed by atoms with Crippen molar-refractivity contribution >= 4 is 0 Å². The van der Waals surface area contributed by atoms with Crippen molar-refractivity contribution in [2.24, 2.45) is 0 Å². The first kappa shape index (κ1) is 13.6. The fraction of sp³-hybridized carbons (Fsp3) is 0.312. The van der Waals surface area contributed by atoms with Crippen molar-refractivity contribution < 1.29 is 4.74 Å². The number of aromatic nitrogens is 1. The lowest BCUT2D eigenvalue weighted by atomic mass is 10.0. The van der Waals surface area contributed by atoms with Crippen molar-refractivity contribution in [3.05, 3.63) is 59.9 Å². The molecular formula is C16H20N2O. The summed E-state index contributed by atoms with van der Waals surface area (Å²) in [6, 6.07) is 14.5. The van der Waals surface area contributed by atoms with Gasteiger partial charge in [-0.25, -0.2) is 0 Å². The molecule has 1 heterocycles. The van der Waals surface area contributed by atoms with E-state index in [0.29, 0.717) is 0 Å². The van der Waals surface area contributed by atoms with Crippen LogP contribution in [0.1, 0.15) is 24.2 Å². The molecule has 0 amide bonds. The monoisotopic (exact) mass is 256 g/mol. The number of rotatable bonds is 6. The predicted molar refractivity (Wildman–Crippen MR) is 77.4 cm³/mol. The Kier molecular flexibility index (Phi) is 4.93. The van der Waals surface area contributed by atoms with Crippen LogP contribution in [0.25, 0.3) is 0 Å². The Morgan fingerprint density at radius 3 is 2.79 bits per heavy atom. The van der Waals surface area contributed by atoms with Gasteiger partial charge < -0.3 is 10.1 Å². The van der Waals surface area contributed by atoms with E-state index in [1.807, 2.05) is 30.5 Å². The Labute approximate surface area is 114 Å². The molecule has 1 atom stereocenters. The summed E-state index contributed by atoms with van der Waals surface area (Å²) in [6.45, 7) is 3.03. The first-order valence-electron chi connectivity index (χ1n) is 6.60. The maximum atomic E-state index is 5.27. The smallest absolute Gasteiger partial charge is 0.119 e. The van der Waals surface area contributed by atoms with E-state index in [0.717, 1.165) is 24.4 Å². The molecule has 0 bridgehead atoms. The fourth-order valence-electron chi connectivity index (χ4n) is 2.14. The molecule has 3 heteroatoms. The highest BCUT2D eigenvalue weighted by Gasteiger charge is 2.12. The van der Waals surface area contributed by atoms with Gasteiger partial charge >= 0.3 is 0 Å². The van der Waals surface area contributed by atoms with Gasteiger partial charge in [0.2, 0.25) is 0 Å². The van der Waals surface area contributed by atoms with Crippen molar-refractivity contribution in [3.8, 4) is 5.75 Å². The summed E-state index contributed by atoms with van der Waals surface area (Å²) in [6.07, 6.45) is 2.74. The molecule has 1 N–H and O–H groups in total. The summed E-state index contributed by atoms with van der Waals surface area (Å²) in [5, 5.41) is 3.48. The van der Waals surface area contributed by atoms with Crippen LogP contribution in [0.2, 0.25) is 0 Å². The number of ether oxygens (including phenoxy) is 1. The van der Waals surface area contributed by atoms with Gasteiger partial charge in [-0.05, 0) is 42.8 Å². The predicted octanol–water partition coefficient (Wildman–Crippen LogP) is 2.98. The van der Waals surface area contributed by atoms with Crippen LogP contribution in [-0.2, 0) is 6.42 Å². The number of hydrogen-bond acceptors (Lipinski definition) is 3. The highest BCUT2D eigenvalue weighted by molar-refractivity contribution is 5.29. The van der Waals surface area contributed by atoms with Gasteiger partial charge in [0.15, 0.2) is 0 Å². The molecule has 1 unspecified atom stereocenters. The lowest BCUT2D eigenvalue weighted by Gasteiger charge is -2.17. The van der Waals surface area contributed by atoms with Gasteiger partial charge in [0.1, 0.15) is 5.75 Å². The molecule has 0 aliphatic carbocycles. The number of benzene rings is 1. The summed E-state index contributed by atoms with van der Waals surface area (Å²) in [7, 11) is 1.69. The van der Waals surface area contributed by atoms with Crippen molar-refractivity contribution in [1.29, 1.82) is 0 Å². The molecule has 0 fully saturated rings. The average Bonchev–Trinajstić information content (AvgIpc) is 2.48. The van der Waals surface area contributed by atoms with E-state index < -0.39 is 0 Å². The summed E-state index contributed by atoms with van der Waals surface area (Å²) >= 11 is 0. The van der Waals surface area contributed by atoms with Gasteiger partial charge in [-0.15, -0.1) is 0 Å². The molecule has 0 saturated heterocycles. The highest BCUT2D eigenvalue weighted by Crippen LogP contribution is 2.19. The van der Waals surface area contributed by atoms with E-state index in [4.69, 9.17) is 4.74 Å². The minimum Gasteiger partial charge on any atom is -0.497 e. The molecule has 1 aromatic carbocycles. The molecule has 0 radical (unpaired) electrons. The van der Waals surface area contributed by atoms with Crippen LogP contribution in [0.15, 0.2) is 48.7 Å². The second-order valence-electron chi connectivity index (χ2n) is 4.42. The Hall–Kier alpha value is -1.87. The Morgan fingerprint density at radius 1 is 1.21 bits per heavy atom. The molecule has 1 aromatic heterocycles. The van der Waals surface area contributed by atoms with Gasteiger partial charge in [-0.1, -0.05) is 25.1 Å². The van der Waals surface area contributed by atoms with Crippen LogP contribution in [0.4, 0.5) is 0 Å². The molecule has 0 saturated carbocycles. The van der Waals surface area contributed by atoms with Crippen LogP contribution < -0.4 is 10.1 Å². The minimum atomic E-state index is 0.235. The second-order valence-corrected chi connectivity index (χ2v) is 4.42. The quantitative estimate of drug-likeness (QED) is 0.862. The van der Waals surface area contributed by atoms with Gasteiger partial charge in [-0.3, -0.25) is 4.98 Å². The molecule has 2 aromatic rings. The van der Waals surface area contributed by atoms with E-state index >= 15 is 0 Å². The third kappa shape index (κ3) is 3.80. The van der Waals surface area contributed by atoms with Crippen LogP contribution >= 0.6 is 0 Å². The Balaban J connectivity index is 2.16. The third-order valence-corrected chi connectivity index (χ3v) is 3.07. The number of methoxy groups -OCH3 is 1. The van der Waals surface area contributed by atoms with Gasteiger partial charge in [0, 0.05) is 6.20 Å². The number of nitrogens with one attached hydrogen (secondary N) is 1. The van der Waals surface area contributed by atoms with Gasteiger partial charge in [0.25, 0.3) is 0 Å². The Morgan fingerprint density at radius 2 is 2.11 bits per heavy atom. The SMILES string of the molecule is CCNC(Cc1cccc(OC)c1)c1ccccn1. The number of likely N-dealkylation sites (N-methyl/N-ethyl adjacent to an activating group) is 1. The molecule has 0 aliphatic rings. The van der Waals surface area contributed by atoms with Crippen molar-refractivity contribution in [2.45, 2.75) is 19.4 Å². The zero-order valence-corrected chi connectivity index (χ0v) is 11.5. The number of nitrogens with zero attached hydrogens (tertiary/aromatic N) is 1. The van der Waals surface area contributed by atoms with Crippen LogP contribution in [0, 0.1) is 0 Å². The zero-order valence-electron chi connectivity index (χ0n) is 11.5. The number of pyridine rings is 1. The maximum Gasteiger partial charge on any atom is 0.119 e. The van der Waals surface area contributed by atoms with E-state index in [2.05, 4.69) is 35.4 Å². The second kappa shape index (κ2) is 6.90.